The van der Waals surface area contributed by atoms with E-state index in [9.17, 15) is 4.79 Å². The van der Waals surface area contributed by atoms with Crippen LogP contribution in [0.3, 0.4) is 0 Å². The van der Waals surface area contributed by atoms with E-state index in [1.54, 1.807) is 6.07 Å². The lowest BCUT2D eigenvalue weighted by Gasteiger charge is -2.08. The number of carbonyl (C=O) groups is 1. The normalized spacial score (nSPS) is 10.7. The third-order valence-electron chi connectivity index (χ3n) is 3.03. The summed E-state index contributed by atoms with van der Waals surface area (Å²) in [5, 5.41) is 0.502. The summed E-state index contributed by atoms with van der Waals surface area (Å²) in [5.74, 6) is 0.635. The molecule has 0 unspecified atom stereocenters. The second-order valence-corrected chi connectivity index (χ2v) is 5.56. The maximum Gasteiger partial charge on any atom is 0.151 e. The monoisotopic (exact) mass is 272 g/mol. The number of hydrogen-bond acceptors (Lipinski definition) is 1. The van der Waals surface area contributed by atoms with Crippen molar-refractivity contribution in [2.75, 3.05) is 0 Å². The van der Waals surface area contributed by atoms with Crippen molar-refractivity contribution >= 4 is 17.9 Å². The smallest absolute Gasteiger partial charge is 0.151 e. The molecule has 1 nitrogen and oxygen atoms in total. The molecule has 2 aromatic carbocycles. The molecule has 98 valence electrons. The van der Waals surface area contributed by atoms with Crippen LogP contribution in [0.1, 0.15) is 29.8 Å². The maximum atomic E-state index is 10.8. The van der Waals surface area contributed by atoms with Crippen molar-refractivity contribution in [1.29, 1.82) is 0 Å². The number of carbonyl (C=O) groups excluding carboxylic acids is 1. The zero-order valence-corrected chi connectivity index (χ0v) is 11.9. The first-order chi connectivity index (χ1) is 9.10. The van der Waals surface area contributed by atoms with E-state index in [1.807, 2.05) is 12.1 Å². The molecule has 0 saturated carbocycles. The van der Waals surface area contributed by atoms with Gasteiger partial charge in [0.25, 0.3) is 0 Å². The van der Waals surface area contributed by atoms with Gasteiger partial charge in [0.1, 0.15) is 0 Å². The first-order valence-corrected chi connectivity index (χ1v) is 6.82. The van der Waals surface area contributed by atoms with Gasteiger partial charge in [-0.1, -0.05) is 55.8 Å². The van der Waals surface area contributed by atoms with Crippen molar-refractivity contribution in [3.05, 3.63) is 58.6 Å². The Balaban J connectivity index is 2.36. The minimum atomic E-state index is 0.502. The van der Waals surface area contributed by atoms with Gasteiger partial charge in [0.2, 0.25) is 0 Å². The molecule has 0 heterocycles. The Hall–Kier alpha value is -1.60. The van der Waals surface area contributed by atoms with E-state index in [2.05, 4.69) is 38.1 Å². The van der Waals surface area contributed by atoms with E-state index in [-0.39, 0.29) is 0 Å². The molecule has 0 aliphatic carbocycles. The molecule has 0 bridgehead atoms. The molecule has 0 aromatic heterocycles. The summed E-state index contributed by atoms with van der Waals surface area (Å²) in [7, 11) is 0. The minimum absolute atomic E-state index is 0.502. The van der Waals surface area contributed by atoms with Gasteiger partial charge in [-0.25, -0.2) is 0 Å². The molecule has 0 spiro atoms. The van der Waals surface area contributed by atoms with Crippen LogP contribution in [0.25, 0.3) is 11.1 Å². The van der Waals surface area contributed by atoms with Crippen molar-refractivity contribution in [2.45, 2.75) is 20.3 Å². The molecule has 0 amide bonds. The van der Waals surface area contributed by atoms with Gasteiger partial charge in [-0.15, -0.1) is 0 Å². The second-order valence-electron chi connectivity index (χ2n) is 5.15. The summed E-state index contributed by atoms with van der Waals surface area (Å²) < 4.78 is 0. The standard InChI is InChI=1S/C17H17ClO/c1-12(2)8-13-4-3-5-14(9-13)15-6-7-16(11-19)17(18)10-15/h3-7,9-12H,8H2,1-2H3. The minimum Gasteiger partial charge on any atom is -0.298 e. The van der Waals surface area contributed by atoms with Crippen molar-refractivity contribution < 1.29 is 4.79 Å². The van der Waals surface area contributed by atoms with Crippen molar-refractivity contribution in [2.24, 2.45) is 5.92 Å². The number of aldehydes is 1. The first-order valence-electron chi connectivity index (χ1n) is 6.44. The van der Waals surface area contributed by atoms with Crippen LogP contribution in [-0.2, 0) is 6.42 Å². The highest BCUT2D eigenvalue weighted by atomic mass is 35.5. The van der Waals surface area contributed by atoms with Crippen molar-refractivity contribution in [3.63, 3.8) is 0 Å². The topological polar surface area (TPSA) is 17.1 Å². The van der Waals surface area contributed by atoms with Crippen molar-refractivity contribution in [3.8, 4) is 11.1 Å². The lowest BCUT2D eigenvalue weighted by Crippen LogP contribution is -1.94. The van der Waals surface area contributed by atoms with E-state index in [4.69, 9.17) is 11.6 Å². The fourth-order valence-corrected chi connectivity index (χ4v) is 2.38. The average Bonchev–Trinajstić information content (AvgIpc) is 2.38. The molecule has 0 atom stereocenters. The second kappa shape index (κ2) is 6.03. The van der Waals surface area contributed by atoms with Gasteiger partial charge in [0.05, 0.1) is 5.02 Å². The molecule has 0 aliphatic rings. The molecule has 19 heavy (non-hydrogen) atoms. The number of benzene rings is 2. The highest BCUT2D eigenvalue weighted by Gasteiger charge is 2.04. The summed E-state index contributed by atoms with van der Waals surface area (Å²) in [6.45, 7) is 4.42. The zero-order valence-electron chi connectivity index (χ0n) is 11.2. The van der Waals surface area contributed by atoms with Crippen molar-refractivity contribution in [1.82, 2.24) is 0 Å². The van der Waals surface area contributed by atoms with E-state index in [1.165, 1.54) is 5.56 Å². The quantitative estimate of drug-likeness (QED) is 0.715. The Kier molecular flexibility index (Phi) is 4.39. The van der Waals surface area contributed by atoms with Gasteiger partial charge >= 0.3 is 0 Å². The molecule has 0 aliphatic heterocycles. The Labute approximate surface area is 119 Å². The molecular formula is C17H17ClO. The van der Waals surface area contributed by atoms with Crippen LogP contribution in [0, 0.1) is 5.92 Å². The van der Waals surface area contributed by atoms with Gasteiger partial charge in [0.15, 0.2) is 6.29 Å². The summed E-state index contributed by atoms with van der Waals surface area (Å²) >= 11 is 6.07. The van der Waals surface area contributed by atoms with E-state index >= 15 is 0 Å². The molecular weight excluding hydrogens is 256 g/mol. The Morgan fingerprint density at radius 3 is 2.47 bits per heavy atom. The van der Waals surface area contributed by atoms with Crippen LogP contribution in [0.4, 0.5) is 0 Å². The summed E-state index contributed by atoms with van der Waals surface area (Å²) in [5.41, 5.74) is 4.03. The fourth-order valence-electron chi connectivity index (χ4n) is 2.15. The maximum absolute atomic E-state index is 10.8. The van der Waals surface area contributed by atoms with Crippen LogP contribution >= 0.6 is 11.6 Å². The zero-order chi connectivity index (χ0) is 13.8. The largest absolute Gasteiger partial charge is 0.298 e. The van der Waals surface area contributed by atoms with Crippen LogP contribution in [-0.4, -0.2) is 6.29 Å². The third kappa shape index (κ3) is 3.45. The highest BCUT2D eigenvalue weighted by molar-refractivity contribution is 6.33. The van der Waals surface area contributed by atoms with Crippen LogP contribution in [0.2, 0.25) is 5.02 Å². The molecule has 0 N–H and O–H groups in total. The lowest BCUT2D eigenvalue weighted by molar-refractivity contribution is 0.112. The molecule has 0 saturated heterocycles. The van der Waals surface area contributed by atoms with E-state index < -0.39 is 0 Å². The van der Waals surface area contributed by atoms with Crippen LogP contribution in [0.5, 0.6) is 0 Å². The van der Waals surface area contributed by atoms with Gasteiger partial charge in [0, 0.05) is 5.56 Å². The molecule has 2 aromatic rings. The number of halogens is 1. The van der Waals surface area contributed by atoms with Gasteiger partial charge in [-0.2, -0.15) is 0 Å². The van der Waals surface area contributed by atoms with E-state index in [0.29, 0.717) is 16.5 Å². The van der Waals surface area contributed by atoms with Gasteiger partial charge < -0.3 is 0 Å². The summed E-state index contributed by atoms with van der Waals surface area (Å²) in [4.78, 5) is 10.8. The SMILES string of the molecule is CC(C)Cc1cccc(-c2ccc(C=O)c(Cl)c2)c1. The van der Waals surface area contributed by atoms with Crippen LogP contribution < -0.4 is 0 Å². The Morgan fingerprint density at radius 1 is 1.11 bits per heavy atom. The first kappa shape index (κ1) is 13.8. The fraction of sp³-hybridized carbons (Fsp3) is 0.235. The average molecular weight is 273 g/mol. The number of rotatable bonds is 4. The molecule has 0 radical (unpaired) electrons. The summed E-state index contributed by atoms with van der Waals surface area (Å²) in [6.07, 6.45) is 1.84. The third-order valence-corrected chi connectivity index (χ3v) is 3.36. The Morgan fingerprint density at radius 2 is 1.84 bits per heavy atom. The van der Waals surface area contributed by atoms with Gasteiger partial charge in [-0.3, -0.25) is 4.79 Å². The lowest BCUT2D eigenvalue weighted by atomic mass is 9.97. The Bertz CT molecular complexity index is 588. The summed E-state index contributed by atoms with van der Waals surface area (Å²) in [6, 6.07) is 14.0. The predicted octanol–water partition coefficient (Wildman–Crippen LogP) is 5.02. The highest BCUT2D eigenvalue weighted by Crippen LogP contribution is 2.26. The molecule has 2 rings (SSSR count). The van der Waals surface area contributed by atoms with Gasteiger partial charge in [-0.05, 0) is 41.2 Å². The number of hydrogen-bond donors (Lipinski definition) is 0. The van der Waals surface area contributed by atoms with Crippen LogP contribution in [0.15, 0.2) is 42.5 Å². The van der Waals surface area contributed by atoms with E-state index in [0.717, 1.165) is 23.8 Å². The molecule has 2 heteroatoms. The predicted molar refractivity (Wildman–Crippen MR) is 80.8 cm³/mol. The molecule has 0 fully saturated rings.